The fraction of sp³-hybridized carbons (Fsp3) is 0.435. The number of nitrogens with zero attached hydrogens (tertiary/aromatic N) is 3. The molecule has 0 unspecified atom stereocenters. The molecule has 8 heteroatoms. The van der Waals surface area contributed by atoms with Gasteiger partial charge in [0.2, 0.25) is 15.9 Å². The topological polar surface area (TPSA) is 103 Å². The first kappa shape index (κ1) is 21.5. The van der Waals surface area contributed by atoms with Crippen LogP contribution in [0.1, 0.15) is 42.7 Å². The standard InChI is InChI=1S/C23H26N4O3S/c1-15(2)27-13-19(14-27)31(29,30)26-23(28)11-22-20-5-3-4-16(20)6-7-21(22)17-8-9-25-18(10-17)12-24/h6-10,15,19H,3-5,11,13-14H2,1-2H3,(H,26,28). The molecule has 0 bridgehead atoms. The molecule has 0 saturated carbocycles. The number of rotatable bonds is 6. The Labute approximate surface area is 183 Å². The monoisotopic (exact) mass is 438 g/mol. The Morgan fingerprint density at radius 1 is 1.29 bits per heavy atom. The van der Waals surface area contributed by atoms with Crippen LogP contribution in [0.25, 0.3) is 11.1 Å². The minimum atomic E-state index is -3.71. The molecule has 7 nitrogen and oxygen atoms in total. The fourth-order valence-corrected chi connectivity index (χ4v) is 5.73. The van der Waals surface area contributed by atoms with Crippen molar-refractivity contribution in [1.29, 1.82) is 5.26 Å². The molecule has 1 saturated heterocycles. The van der Waals surface area contributed by atoms with Gasteiger partial charge in [0.1, 0.15) is 17.0 Å². The highest BCUT2D eigenvalue weighted by molar-refractivity contribution is 7.90. The van der Waals surface area contributed by atoms with Gasteiger partial charge in [0.15, 0.2) is 0 Å². The van der Waals surface area contributed by atoms with Gasteiger partial charge < -0.3 is 0 Å². The number of likely N-dealkylation sites (tertiary alicyclic amines) is 1. The van der Waals surface area contributed by atoms with Crippen LogP contribution in [0.4, 0.5) is 0 Å². The minimum Gasteiger partial charge on any atom is -0.298 e. The molecule has 4 rings (SSSR count). The molecular weight excluding hydrogens is 412 g/mol. The SMILES string of the molecule is CC(C)N1CC(S(=O)(=O)NC(=O)Cc2c(-c3ccnc(C#N)c3)ccc3c2CCC3)C1. The molecule has 1 aliphatic heterocycles. The number of aryl methyl sites for hydroxylation is 1. The molecule has 1 N–H and O–H groups in total. The molecule has 2 aliphatic rings. The second-order valence-corrected chi connectivity index (χ2v) is 10.5. The maximum atomic E-state index is 12.8. The van der Waals surface area contributed by atoms with E-state index >= 15 is 0 Å². The maximum absolute atomic E-state index is 12.8. The Hall–Kier alpha value is -2.76. The third-order valence-corrected chi connectivity index (χ3v) is 7.91. The van der Waals surface area contributed by atoms with Crippen molar-refractivity contribution in [3.8, 4) is 17.2 Å². The van der Waals surface area contributed by atoms with Gasteiger partial charge in [-0.3, -0.25) is 14.4 Å². The van der Waals surface area contributed by atoms with Gasteiger partial charge in [-0.15, -0.1) is 0 Å². The Morgan fingerprint density at radius 2 is 2.06 bits per heavy atom. The summed E-state index contributed by atoms with van der Waals surface area (Å²) in [5.41, 5.74) is 5.12. The van der Waals surface area contributed by atoms with Crippen LogP contribution in [0.2, 0.25) is 0 Å². The lowest BCUT2D eigenvalue weighted by molar-refractivity contribution is -0.118. The van der Waals surface area contributed by atoms with Gasteiger partial charge in [-0.25, -0.2) is 13.4 Å². The van der Waals surface area contributed by atoms with Crippen molar-refractivity contribution < 1.29 is 13.2 Å². The summed E-state index contributed by atoms with van der Waals surface area (Å²) in [6, 6.07) is 9.87. The molecule has 1 aliphatic carbocycles. The van der Waals surface area contributed by atoms with Crippen molar-refractivity contribution in [1.82, 2.24) is 14.6 Å². The Morgan fingerprint density at radius 3 is 2.77 bits per heavy atom. The van der Waals surface area contributed by atoms with Crippen LogP contribution < -0.4 is 4.72 Å². The zero-order valence-electron chi connectivity index (χ0n) is 17.8. The highest BCUT2D eigenvalue weighted by Gasteiger charge is 2.39. The Balaban J connectivity index is 1.58. The number of carbonyl (C=O) groups excluding carboxylic acids is 1. The molecule has 1 amide bonds. The zero-order chi connectivity index (χ0) is 22.2. The van der Waals surface area contributed by atoms with Gasteiger partial charge >= 0.3 is 0 Å². The average Bonchev–Trinajstić information content (AvgIpc) is 3.15. The number of nitriles is 1. The number of benzene rings is 1. The summed E-state index contributed by atoms with van der Waals surface area (Å²) >= 11 is 0. The predicted octanol–water partition coefficient (Wildman–Crippen LogP) is 2.19. The first-order chi connectivity index (χ1) is 14.8. The van der Waals surface area contributed by atoms with Crippen LogP contribution >= 0.6 is 0 Å². The third-order valence-electron chi connectivity index (χ3n) is 6.23. The van der Waals surface area contributed by atoms with E-state index in [4.69, 9.17) is 0 Å². The molecule has 31 heavy (non-hydrogen) atoms. The lowest BCUT2D eigenvalue weighted by Crippen LogP contribution is -2.60. The summed E-state index contributed by atoms with van der Waals surface area (Å²) in [5.74, 6) is -0.515. The third kappa shape index (κ3) is 4.34. The number of fused-ring (bicyclic) bond motifs is 1. The van der Waals surface area contributed by atoms with Gasteiger partial charge in [0.05, 0.1) is 6.42 Å². The highest BCUT2D eigenvalue weighted by atomic mass is 32.2. The molecule has 2 heterocycles. The smallest absolute Gasteiger partial charge is 0.240 e. The molecule has 2 aromatic rings. The van der Waals surface area contributed by atoms with E-state index in [9.17, 15) is 18.5 Å². The first-order valence-electron chi connectivity index (χ1n) is 10.6. The zero-order valence-corrected chi connectivity index (χ0v) is 18.6. The van der Waals surface area contributed by atoms with Gasteiger partial charge in [-0.05, 0) is 73.1 Å². The van der Waals surface area contributed by atoms with Gasteiger partial charge in [0, 0.05) is 25.3 Å². The Bertz CT molecular complexity index is 1160. The van der Waals surface area contributed by atoms with E-state index in [2.05, 4.69) is 20.7 Å². The van der Waals surface area contributed by atoms with E-state index in [0.29, 0.717) is 18.8 Å². The number of pyridine rings is 1. The second kappa shape index (κ2) is 8.40. The highest BCUT2D eigenvalue weighted by Crippen LogP contribution is 2.34. The van der Waals surface area contributed by atoms with Crippen LogP contribution in [-0.2, 0) is 34.1 Å². The minimum absolute atomic E-state index is 0.0113. The van der Waals surface area contributed by atoms with Crippen LogP contribution in [-0.4, -0.2) is 48.6 Å². The summed E-state index contributed by atoms with van der Waals surface area (Å²) in [6.45, 7) is 4.94. The Kier molecular flexibility index (Phi) is 5.82. The fourth-order valence-electron chi connectivity index (χ4n) is 4.40. The lowest BCUT2D eigenvalue weighted by atomic mass is 9.91. The van der Waals surface area contributed by atoms with Crippen LogP contribution in [0.5, 0.6) is 0 Å². The van der Waals surface area contributed by atoms with Gasteiger partial charge in [-0.1, -0.05) is 12.1 Å². The number of hydrogen-bond donors (Lipinski definition) is 1. The van der Waals surface area contributed by atoms with Crippen molar-refractivity contribution in [3.63, 3.8) is 0 Å². The maximum Gasteiger partial charge on any atom is 0.240 e. The number of sulfonamides is 1. The van der Waals surface area contributed by atoms with E-state index in [0.717, 1.165) is 41.5 Å². The van der Waals surface area contributed by atoms with Gasteiger partial charge in [-0.2, -0.15) is 5.26 Å². The van der Waals surface area contributed by atoms with E-state index in [-0.39, 0.29) is 12.5 Å². The van der Waals surface area contributed by atoms with E-state index in [1.54, 1.807) is 12.3 Å². The molecule has 1 aromatic heterocycles. The first-order valence-corrected chi connectivity index (χ1v) is 12.1. The molecule has 0 spiro atoms. The van der Waals surface area contributed by atoms with Crippen LogP contribution in [0, 0.1) is 11.3 Å². The summed E-state index contributed by atoms with van der Waals surface area (Å²) in [6.07, 6.45) is 4.39. The summed E-state index contributed by atoms with van der Waals surface area (Å²) in [7, 11) is -3.71. The molecule has 1 aromatic carbocycles. The normalized spacial score (nSPS) is 16.6. The number of amides is 1. The predicted molar refractivity (Wildman–Crippen MR) is 118 cm³/mol. The summed E-state index contributed by atoms with van der Waals surface area (Å²) in [5, 5.41) is 8.64. The van der Waals surface area contributed by atoms with Crippen molar-refractivity contribution >= 4 is 15.9 Å². The van der Waals surface area contributed by atoms with Crippen molar-refractivity contribution in [2.24, 2.45) is 0 Å². The van der Waals surface area contributed by atoms with E-state index in [1.165, 1.54) is 5.56 Å². The van der Waals surface area contributed by atoms with E-state index < -0.39 is 21.2 Å². The van der Waals surface area contributed by atoms with Crippen LogP contribution in [0.15, 0.2) is 30.5 Å². The van der Waals surface area contributed by atoms with Crippen LogP contribution in [0.3, 0.4) is 0 Å². The molecule has 162 valence electrons. The summed E-state index contributed by atoms with van der Waals surface area (Å²) < 4.78 is 27.6. The summed E-state index contributed by atoms with van der Waals surface area (Å²) in [4.78, 5) is 18.9. The lowest BCUT2D eigenvalue weighted by Gasteiger charge is -2.41. The molecule has 1 fully saturated rings. The number of aromatic nitrogens is 1. The van der Waals surface area contributed by atoms with Crippen molar-refractivity contribution in [2.75, 3.05) is 13.1 Å². The average molecular weight is 439 g/mol. The number of nitrogens with one attached hydrogen (secondary N) is 1. The van der Waals surface area contributed by atoms with Gasteiger partial charge in [0.25, 0.3) is 0 Å². The largest absolute Gasteiger partial charge is 0.298 e. The molecular formula is C23H26N4O3S. The molecule has 0 atom stereocenters. The number of carbonyl (C=O) groups is 1. The quantitative estimate of drug-likeness (QED) is 0.742. The number of hydrogen-bond acceptors (Lipinski definition) is 6. The molecule has 0 radical (unpaired) electrons. The van der Waals surface area contributed by atoms with Crippen molar-refractivity contribution in [3.05, 3.63) is 52.8 Å². The van der Waals surface area contributed by atoms with Crippen molar-refractivity contribution in [2.45, 2.75) is 50.8 Å². The second-order valence-electron chi connectivity index (χ2n) is 8.54. The van der Waals surface area contributed by atoms with E-state index in [1.807, 2.05) is 32.0 Å².